The Bertz CT molecular complexity index is 990. The minimum atomic E-state index is -0.321. The van der Waals surface area contributed by atoms with Crippen molar-refractivity contribution in [2.75, 3.05) is 25.2 Å². The molecule has 3 aromatic rings. The lowest BCUT2D eigenvalue weighted by Crippen LogP contribution is -2.30. The van der Waals surface area contributed by atoms with E-state index in [1.165, 1.54) is 12.1 Å². The van der Waals surface area contributed by atoms with Gasteiger partial charge in [-0.05, 0) is 47.5 Å². The molecular weight excluding hydrogens is 395 g/mol. The molecule has 3 aromatic carbocycles. The van der Waals surface area contributed by atoms with Crippen molar-refractivity contribution in [2.45, 2.75) is 13.0 Å². The van der Waals surface area contributed by atoms with E-state index in [9.17, 15) is 14.0 Å². The lowest BCUT2D eigenvalue weighted by molar-refractivity contribution is -0.120. The zero-order chi connectivity index (χ0) is 22.1. The highest BCUT2D eigenvalue weighted by atomic mass is 19.1. The molecule has 5 nitrogen and oxygen atoms in total. The number of ether oxygens (including phenoxy) is 1. The molecular formula is C25H25FN2O3. The van der Waals surface area contributed by atoms with E-state index in [1.54, 1.807) is 36.3 Å². The van der Waals surface area contributed by atoms with Gasteiger partial charge in [0.15, 0.2) is 0 Å². The number of rotatable bonds is 9. The number of anilines is 1. The second-order valence-corrected chi connectivity index (χ2v) is 7.07. The Balaban J connectivity index is 1.79. The molecule has 3 rings (SSSR count). The molecule has 0 heterocycles. The normalized spacial score (nSPS) is 10.5. The predicted octanol–water partition coefficient (Wildman–Crippen LogP) is 3.98. The van der Waals surface area contributed by atoms with E-state index in [2.05, 4.69) is 5.32 Å². The van der Waals surface area contributed by atoms with Crippen LogP contribution in [0.1, 0.15) is 21.5 Å². The van der Waals surface area contributed by atoms with Gasteiger partial charge in [-0.15, -0.1) is 0 Å². The quantitative estimate of drug-likeness (QED) is 0.533. The van der Waals surface area contributed by atoms with Crippen LogP contribution in [0.3, 0.4) is 0 Å². The second kappa shape index (κ2) is 11.0. The molecule has 0 aromatic heterocycles. The summed E-state index contributed by atoms with van der Waals surface area (Å²) in [6.45, 7) is 1.22. The molecule has 160 valence electrons. The topological polar surface area (TPSA) is 58.6 Å². The van der Waals surface area contributed by atoms with E-state index in [0.29, 0.717) is 30.9 Å². The van der Waals surface area contributed by atoms with E-state index < -0.39 is 0 Å². The Morgan fingerprint density at radius 3 is 2.19 bits per heavy atom. The van der Waals surface area contributed by atoms with Crippen LogP contribution >= 0.6 is 0 Å². The largest absolute Gasteiger partial charge is 0.383 e. The predicted molar refractivity (Wildman–Crippen MR) is 118 cm³/mol. The smallest absolute Gasteiger partial charge is 0.258 e. The fraction of sp³-hybridized carbons (Fsp3) is 0.200. The Hall–Kier alpha value is -3.51. The second-order valence-electron chi connectivity index (χ2n) is 7.07. The minimum Gasteiger partial charge on any atom is -0.383 e. The number of methoxy groups -OCH3 is 1. The third kappa shape index (κ3) is 6.49. The van der Waals surface area contributed by atoms with Crippen LogP contribution in [-0.4, -0.2) is 32.1 Å². The van der Waals surface area contributed by atoms with E-state index in [0.717, 1.165) is 11.1 Å². The Kier molecular flexibility index (Phi) is 7.90. The SMILES string of the molecule is COCCNC(=O)Cc1ccc(N(Cc2ccc(F)cc2)C(=O)c2ccccc2)cc1. The molecule has 0 aliphatic heterocycles. The fourth-order valence-electron chi connectivity index (χ4n) is 3.12. The average Bonchev–Trinajstić information content (AvgIpc) is 2.80. The molecule has 0 saturated heterocycles. The van der Waals surface area contributed by atoms with E-state index >= 15 is 0 Å². The third-order valence-electron chi connectivity index (χ3n) is 4.76. The van der Waals surface area contributed by atoms with Gasteiger partial charge in [-0.25, -0.2) is 4.39 Å². The summed E-state index contributed by atoms with van der Waals surface area (Å²) in [6, 6.07) is 22.4. The number of nitrogens with one attached hydrogen (secondary N) is 1. The standard InChI is InChI=1S/C25H25FN2O3/c1-31-16-15-27-24(29)17-19-9-13-23(14-10-19)28(18-20-7-11-22(26)12-8-20)25(30)21-5-3-2-4-6-21/h2-14H,15-18H2,1H3,(H,27,29). The maximum atomic E-state index is 13.3. The lowest BCUT2D eigenvalue weighted by atomic mass is 10.1. The number of amides is 2. The van der Waals surface area contributed by atoms with Gasteiger partial charge in [0.05, 0.1) is 19.6 Å². The lowest BCUT2D eigenvalue weighted by Gasteiger charge is -2.23. The van der Waals surface area contributed by atoms with Crippen molar-refractivity contribution in [2.24, 2.45) is 0 Å². The average molecular weight is 420 g/mol. The number of nitrogens with zero attached hydrogens (tertiary/aromatic N) is 1. The van der Waals surface area contributed by atoms with Crippen molar-refractivity contribution in [3.8, 4) is 0 Å². The number of halogens is 1. The van der Waals surface area contributed by atoms with Gasteiger partial charge in [0.1, 0.15) is 5.82 Å². The van der Waals surface area contributed by atoms with E-state index in [4.69, 9.17) is 4.74 Å². The maximum Gasteiger partial charge on any atom is 0.258 e. The molecule has 0 atom stereocenters. The van der Waals surface area contributed by atoms with Crippen LogP contribution in [-0.2, 0) is 22.5 Å². The highest BCUT2D eigenvalue weighted by Crippen LogP contribution is 2.21. The highest BCUT2D eigenvalue weighted by molar-refractivity contribution is 6.06. The monoisotopic (exact) mass is 420 g/mol. The van der Waals surface area contributed by atoms with Crippen molar-refractivity contribution in [1.29, 1.82) is 0 Å². The molecule has 0 aliphatic carbocycles. The van der Waals surface area contributed by atoms with Crippen LogP contribution in [0.2, 0.25) is 0 Å². The molecule has 1 N–H and O–H groups in total. The van der Waals surface area contributed by atoms with E-state index in [-0.39, 0.29) is 24.1 Å². The molecule has 0 aliphatic rings. The van der Waals surface area contributed by atoms with Gasteiger partial charge in [-0.2, -0.15) is 0 Å². The molecule has 2 amide bonds. The summed E-state index contributed by atoms with van der Waals surface area (Å²) in [5.41, 5.74) is 2.91. The van der Waals surface area contributed by atoms with Crippen molar-refractivity contribution in [1.82, 2.24) is 5.32 Å². The van der Waals surface area contributed by atoms with E-state index in [1.807, 2.05) is 42.5 Å². The molecule has 0 saturated carbocycles. The van der Waals surface area contributed by atoms with Gasteiger partial charge >= 0.3 is 0 Å². The minimum absolute atomic E-state index is 0.0895. The van der Waals surface area contributed by atoms with Crippen LogP contribution in [0.4, 0.5) is 10.1 Å². The van der Waals surface area contributed by atoms with Crippen LogP contribution < -0.4 is 10.2 Å². The molecule has 6 heteroatoms. The Morgan fingerprint density at radius 2 is 1.55 bits per heavy atom. The van der Waals surface area contributed by atoms with Crippen LogP contribution in [0, 0.1) is 5.82 Å². The third-order valence-corrected chi connectivity index (χ3v) is 4.76. The first-order valence-corrected chi connectivity index (χ1v) is 10.0. The van der Waals surface area contributed by atoms with Crippen molar-refractivity contribution in [3.05, 3.63) is 101 Å². The van der Waals surface area contributed by atoms with Gasteiger partial charge in [0.2, 0.25) is 5.91 Å². The van der Waals surface area contributed by atoms with Crippen LogP contribution in [0.15, 0.2) is 78.9 Å². The highest BCUT2D eigenvalue weighted by Gasteiger charge is 2.18. The molecule has 0 radical (unpaired) electrons. The summed E-state index contributed by atoms with van der Waals surface area (Å²) < 4.78 is 18.2. The maximum absolute atomic E-state index is 13.3. The zero-order valence-electron chi connectivity index (χ0n) is 17.4. The molecule has 0 bridgehead atoms. The van der Waals surface area contributed by atoms with Crippen LogP contribution in [0.5, 0.6) is 0 Å². The summed E-state index contributed by atoms with van der Waals surface area (Å²) in [5.74, 6) is -0.568. The first-order chi connectivity index (χ1) is 15.1. The molecule has 0 fully saturated rings. The number of benzene rings is 3. The van der Waals surface area contributed by atoms with Crippen molar-refractivity contribution < 1.29 is 18.7 Å². The molecule has 31 heavy (non-hydrogen) atoms. The molecule has 0 unspecified atom stereocenters. The first kappa shape index (κ1) is 22.2. The summed E-state index contributed by atoms with van der Waals surface area (Å²) >= 11 is 0. The molecule has 0 spiro atoms. The van der Waals surface area contributed by atoms with Crippen LogP contribution in [0.25, 0.3) is 0 Å². The summed E-state index contributed by atoms with van der Waals surface area (Å²) in [4.78, 5) is 26.9. The zero-order valence-corrected chi connectivity index (χ0v) is 17.4. The van der Waals surface area contributed by atoms with Gasteiger partial charge in [-0.3, -0.25) is 9.59 Å². The number of hydrogen-bond acceptors (Lipinski definition) is 3. The van der Waals surface area contributed by atoms with Crippen molar-refractivity contribution >= 4 is 17.5 Å². The summed E-state index contributed by atoms with van der Waals surface area (Å²) in [7, 11) is 1.58. The van der Waals surface area contributed by atoms with Gasteiger partial charge in [0.25, 0.3) is 5.91 Å². The van der Waals surface area contributed by atoms with Gasteiger partial charge < -0.3 is 15.0 Å². The first-order valence-electron chi connectivity index (χ1n) is 10.0. The summed E-state index contributed by atoms with van der Waals surface area (Å²) in [6.07, 6.45) is 0.245. The summed E-state index contributed by atoms with van der Waals surface area (Å²) in [5, 5.41) is 2.79. The van der Waals surface area contributed by atoms with Crippen molar-refractivity contribution in [3.63, 3.8) is 0 Å². The Morgan fingerprint density at radius 1 is 0.903 bits per heavy atom. The number of hydrogen-bond donors (Lipinski definition) is 1. The van der Waals surface area contributed by atoms with Gasteiger partial charge in [-0.1, -0.05) is 42.5 Å². The fourth-order valence-corrected chi connectivity index (χ4v) is 3.12. The number of carbonyl (C=O) groups excluding carboxylic acids is 2. The number of carbonyl (C=O) groups is 2. The van der Waals surface area contributed by atoms with Gasteiger partial charge in [0, 0.05) is 24.9 Å². The Labute approximate surface area is 181 Å².